The molecule has 0 saturated carbocycles. The van der Waals surface area contributed by atoms with Gasteiger partial charge in [-0.25, -0.2) is 4.98 Å². The van der Waals surface area contributed by atoms with Crippen LogP contribution in [0.5, 0.6) is 0 Å². The molecule has 3 heterocycles. The Morgan fingerprint density at radius 1 is 1.29 bits per heavy atom. The Labute approximate surface area is 132 Å². The summed E-state index contributed by atoms with van der Waals surface area (Å²) in [5, 5.41) is 3.69. The molecular formula is C13H16Cl2N4O2. The molecule has 2 aromatic heterocycles. The summed E-state index contributed by atoms with van der Waals surface area (Å²) < 4.78 is 2.85. The van der Waals surface area contributed by atoms with Crippen LogP contribution in [0, 0.1) is 0 Å². The molecule has 114 valence electrons. The number of hydrogen-bond acceptors (Lipinski definition) is 4. The molecule has 6 nitrogen and oxygen atoms in total. The second kappa shape index (κ2) is 6.17. The Balaban J connectivity index is 0.00000161. The molecule has 8 heteroatoms. The predicted octanol–water partition coefficient (Wildman–Crippen LogP) is 1.09. The number of piperidine rings is 1. The van der Waals surface area contributed by atoms with Gasteiger partial charge in [-0.1, -0.05) is 11.6 Å². The number of hydrogen-bond donors (Lipinski definition) is 1. The van der Waals surface area contributed by atoms with Crippen LogP contribution in [-0.2, 0) is 7.05 Å². The minimum absolute atomic E-state index is 0. The lowest BCUT2D eigenvalue weighted by atomic mass is 10.1. The zero-order valence-electron chi connectivity index (χ0n) is 11.5. The van der Waals surface area contributed by atoms with Crippen molar-refractivity contribution in [3.63, 3.8) is 0 Å². The highest BCUT2D eigenvalue weighted by atomic mass is 35.5. The first-order chi connectivity index (χ1) is 9.59. The Morgan fingerprint density at radius 3 is 2.62 bits per heavy atom. The number of nitrogens with one attached hydrogen (secondary N) is 1. The monoisotopic (exact) mass is 330 g/mol. The second-order valence-corrected chi connectivity index (χ2v) is 5.45. The van der Waals surface area contributed by atoms with Crippen molar-refractivity contribution < 1.29 is 0 Å². The minimum atomic E-state index is -0.542. The lowest BCUT2D eigenvalue weighted by molar-refractivity contribution is 0.365. The fourth-order valence-electron chi connectivity index (χ4n) is 2.71. The van der Waals surface area contributed by atoms with Crippen molar-refractivity contribution in [3.8, 4) is 0 Å². The van der Waals surface area contributed by atoms with Crippen molar-refractivity contribution in [2.24, 2.45) is 7.05 Å². The van der Waals surface area contributed by atoms with Crippen LogP contribution in [0.15, 0.2) is 21.9 Å². The molecular weight excluding hydrogens is 315 g/mol. The van der Waals surface area contributed by atoms with E-state index in [0.29, 0.717) is 16.2 Å². The molecule has 1 N–H and O–H groups in total. The van der Waals surface area contributed by atoms with Gasteiger partial charge in [-0.05, 0) is 32.0 Å². The molecule has 2 aromatic rings. The molecule has 0 unspecified atom stereocenters. The molecule has 1 aliphatic heterocycles. The summed E-state index contributed by atoms with van der Waals surface area (Å²) in [7, 11) is 1.57. The van der Waals surface area contributed by atoms with E-state index in [1.807, 2.05) is 0 Å². The molecule has 0 amide bonds. The molecule has 0 aromatic carbocycles. The highest BCUT2D eigenvalue weighted by Crippen LogP contribution is 2.21. The van der Waals surface area contributed by atoms with Crippen molar-refractivity contribution in [1.82, 2.24) is 19.4 Å². The largest absolute Gasteiger partial charge is 0.318 e. The van der Waals surface area contributed by atoms with Crippen LogP contribution in [0.1, 0.15) is 18.9 Å². The molecule has 1 aliphatic rings. The average Bonchev–Trinajstić information content (AvgIpc) is 2.47. The fraction of sp³-hybridized carbons (Fsp3) is 0.462. The van der Waals surface area contributed by atoms with Gasteiger partial charge in [0.05, 0.1) is 10.5 Å². The van der Waals surface area contributed by atoms with Crippen molar-refractivity contribution in [1.29, 1.82) is 0 Å². The Kier molecular flexibility index (Phi) is 4.70. The summed E-state index contributed by atoms with van der Waals surface area (Å²) in [4.78, 5) is 28.7. The van der Waals surface area contributed by atoms with Gasteiger partial charge in [0.2, 0.25) is 0 Å². The molecule has 0 bridgehead atoms. The maximum absolute atomic E-state index is 12.3. The maximum Gasteiger partial charge on any atom is 0.318 e. The minimum Gasteiger partial charge on any atom is -0.317 e. The van der Waals surface area contributed by atoms with Gasteiger partial charge < -0.3 is 9.88 Å². The number of aromatic nitrogens is 3. The van der Waals surface area contributed by atoms with Crippen LogP contribution in [0.25, 0.3) is 11.2 Å². The number of rotatable bonds is 1. The van der Waals surface area contributed by atoms with Crippen LogP contribution < -0.4 is 16.4 Å². The maximum atomic E-state index is 12.3. The van der Waals surface area contributed by atoms with E-state index in [1.165, 1.54) is 15.3 Å². The molecule has 0 atom stereocenters. The van der Waals surface area contributed by atoms with E-state index in [0.717, 1.165) is 25.9 Å². The fourth-order valence-corrected chi connectivity index (χ4v) is 2.86. The summed E-state index contributed by atoms with van der Waals surface area (Å²) in [5.41, 5.74) is 0.0517. The standard InChI is InChI=1S/C13H15ClN4O2.ClH/c1-17-10-6-8(14)7-16-11(10)18(13(20)12(17)19)9-2-4-15-5-3-9;/h6-7,9,15H,2-5H2,1H3;1H. The van der Waals surface area contributed by atoms with E-state index < -0.39 is 11.1 Å². The van der Waals surface area contributed by atoms with E-state index in [9.17, 15) is 9.59 Å². The van der Waals surface area contributed by atoms with E-state index in [2.05, 4.69) is 10.3 Å². The second-order valence-electron chi connectivity index (χ2n) is 5.02. The molecule has 3 rings (SSSR count). The highest BCUT2D eigenvalue weighted by molar-refractivity contribution is 6.31. The van der Waals surface area contributed by atoms with Crippen molar-refractivity contribution >= 4 is 35.2 Å². The number of halogens is 2. The van der Waals surface area contributed by atoms with Crippen LogP contribution >= 0.6 is 24.0 Å². The Hall–Kier alpha value is -1.37. The molecule has 0 aliphatic carbocycles. The molecule has 0 radical (unpaired) electrons. The molecule has 21 heavy (non-hydrogen) atoms. The summed E-state index contributed by atoms with van der Waals surface area (Å²) in [5.74, 6) is 0. The van der Waals surface area contributed by atoms with Gasteiger partial charge in [0.1, 0.15) is 0 Å². The average molecular weight is 331 g/mol. The zero-order valence-corrected chi connectivity index (χ0v) is 13.1. The quantitative estimate of drug-likeness (QED) is 0.795. The summed E-state index contributed by atoms with van der Waals surface area (Å²) >= 11 is 5.95. The van der Waals surface area contributed by atoms with Gasteiger partial charge in [0.25, 0.3) is 0 Å². The van der Waals surface area contributed by atoms with E-state index in [-0.39, 0.29) is 18.4 Å². The van der Waals surface area contributed by atoms with E-state index in [4.69, 9.17) is 11.6 Å². The number of nitrogens with zero attached hydrogens (tertiary/aromatic N) is 3. The first kappa shape index (κ1) is 16.0. The van der Waals surface area contributed by atoms with Gasteiger partial charge in [-0.3, -0.25) is 14.2 Å². The number of fused-ring (bicyclic) bond motifs is 1. The highest BCUT2D eigenvalue weighted by Gasteiger charge is 2.21. The molecule has 0 spiro atoms. The lowest BCUT2D eigenvalue weighted by Gasteiger charge is -2.25. The van der Waals surface area contributed by atoms with Crippen molar-refractivity contribution in [2.45, 2.75) is 18.9 Å². The summed E-state index contributed by atoms with van der Waals surface area (Å²) in [6.45, 7) is 1.67. The third-order valence-electron chi connectivity index (χ3n) is 3.78. The van der Waals surface area contributed by atoms with E-state index in [1.54, 1.807) is 13.1 Å². The zero-order chi connectivity index (χ0) is 14.3. The van der Waals surface area contributed by atoms with Crippen molar-refractivity contribution in [3.05, 3.63) is 38.0 Å². The predicted molar refractivity (Wildman–Crippen MR) is 84.6 cm³/mol. The summed E-state index contributed by atoms with van der Waals surface area (Å²) in [6, 6.07) is 1.68. The Morgan fingerprint density at radius 2 is 1.95 bits per heavy atom. The van der Waals surface area contributed by atoms with Gasteiger partial charge in [0.15, 0.2) is 5.65 Å². The third kappa shape index (κ3) is 2.71. The van der Waals surface area contributed by atoms with Crippen LogP contribution in [0.4, 0.5) is 0 Å². The van der Waals surface area contributed by atoms with Crippen LogP contribution in [-0.4, -0.2) is 27.2 Å². The van der Waals surface area contributed by atoms with Crippen molar-refractivity contribution in [2.75, 3.05) is 13.1 Å². The molecule has 1 saturated heterocycles. The van der Waals surface area contributed by atoms with Crippen LogP contribution in [0.2, 0.25) is 5.02 Å². The topological polar surface area (TPSA) is 68.9 Å². The lowest BCUT2D eigenvalue weighted by Crippen LogP contribution is -2.44. The normalized spacial score (nSPS) is 15.9. The number of aryl methyl sites for hydroxylation is 1. The Bertz CT molecular complexity index is 778. The third-order valence-corrected chi connectivity index (χ3v) is 3.99. The van der Waals surface area contributed by atoms with Gasteiger partial charge in [-0.2, -0.15) is 0 Å². The smallest absolute Gasteiger partial charge is 0.317 e. The van der Waals surface area contributed by atoms with Gasteiger partial charge in [0, 0.05) is 19.3 Å². The van der Waals surface area contributed by atoms with E-state index >= 15 is 0 Å². The van der Waals surface area contributed by atoms with Gasteiger partial charge >= 0.3 is 11.1 Å². The van der Waals surface area contributed by atoms with Crippen LogP contribution in [0.3, 0.4) is 0 Å². The summed E-state index contributed by atoms with van der Waals surface area (Å²) in [6.07, 6.45) is 3.13. The number of pyridine rings is 1. The molecule has 1 fully saturated rings. The first-order valence-corrected chi connectivity index (χ1v) is 6.95. The first-order valence-electron chi connectivity index (χ1n) is 6.57. The SMILES string of the molecule is Cl.Cn1c(=O)c(=O)n(C2CCNCC2)c2ncc(Cl)cc21. The van der Waals surface area contributed by atoms with Gasteiger partial charge in [-0.15, -0.1) is 12.4 Å².